The number of benzene rings is 1. The number of ether oxygens (including phenoxy) is 2. The number of aliphatic carboxylic acids is 1. The molecule has 0 bridgehead atoms. The van der Waals surface area contributed by atoms with Crippen molar-refractivity contribution in [1.82, 2.24) is 9.88 Å². The molecule has 6 nitrogen and oxygen atoms in total. The lowest BCUT2D eigenvalue weighted by atomic mass is 9.76. The molecule has 0 radical (unpaired) electrons. The Balaban J connectivity index is 0.000000739. The summed E-state index contributed by atoms with van der Waals surface area (Å²) in [6, 6.07) is 6.55. The molecule has 2 atom stereocenters. The summed E-state index contributed by atoms with van der Waals surface area (Å²) in [5, 5.41) is 10.4. The summed E-state index contributed by atoms with van der Waals surface area (Å²) in [5.41, 5.74) is -0.423. The van der Waals surface area contributed by atoms with Crippen LogP contribution in [0.5, 0.6) is 5.75 Å². The summed E-state index contributed by atoms with van der Waals surface area (Å²) in [6.07, 6.45) is 3.58. The maximum atomic E-state index is 12.7. The molecule has 3 rings (SSSR count). The molecule has 9 heteroatoms. The predicted octanol–water partition coefficient (Wildman–Crippen LogP) is 6.02. The lowest BCUT2D eigenvalue weighted by molar-refractivity contribution is -0.158. The van der Waals surface area contributed by atoms with Gasteiger partial charge in [0.25, 0.3) is 0 Å². The molecule has 34 heavy (non-hydrogen) atoms. The molecule has 2 aromatic rings. The molecule has 0 aliphatic carbocycles. The molecule has 0 spiro atoms. The van der Waals surface area contributed by atoms with Crippen LogP contribution in [0.1, 0.15) is 45.4 Å². The van der Waals surface area contributed by atoms with Crippen molar-refractivity contribution in [3.63, 3.8) is 0 Å². The van der Waals surface area contributed by atoms with Gasteiger partial charge in [0.05, 0.1) is 12.2 Å². The van der Waals surface area contributed by atoms with Crippen LogP contribution >= 0.6 is 11.3 Å². The van der Waals surface area contributed by atoms with Crippen LogP contribution < -0.4 is 4.74 Å². The van der Waals surface area contributed by atoms with E-state index in [2.05, 4.69) is 35.4 Å². The number of piperidine rings is 1. The number of halogens is 2. The van der Waals surface area contributed by atoms with Gasteiger partial charge in [0.15, 0.2) is 0 Å². The first-order valence-corrected chi connectivity index (χ1v) is 12.4. The van der Waals surface area contributed by atoms with Gasteiger partial charge in [0.1, 0.15) is 16.2 Å². The third kappa shape index (κ3) is 7.99. The normalized spacial score (nSPS) is 20.8. The first-order valence-electron chi connectivity index (χ1n) is 11.5. The van der Waals surface area contributed by atoms with Crippen LogP contribution in [0.15, 0.2) is 30.5 Å². The van der Waals surface area contributed by atoms with Crippen LogP contribution in [0, 0.1) is 17.3 Å². The van der Waals surface area contributed by atoms with Gasteiger partial charge in [0.2, 0.25) is 0 Å². The van der Waals surface area contributed by atoms with Gasteiger partial charge in [-0.05, 0) is 30.4 Å². The number of hydrogen-bond donors (Lipinski definition) is 1. The van der Waals surface area contributed by atoms with E-state index in [4.69, 9.17) is 4.74 Å². The van der Waals surface area contributed by atoms with Crippen LogP contribution in [-0.4, -0.2) is 54.4 Å². The maximum absolute atomic E-state index is 12.7. The summed E-state index contributed by atoms with van der Waals surface area (Å²) in [6.45, 7) is 7.64. The summed E-state index contributed by atoms with van der Waals surface area (Å²) >= 11 is 1.39. The number of para-hydroxylation sites is 1. The number of nitrogens with zero attached hydrogens (tertiary/aromatic N) is 2. The Hall–Kier alpha value is -2.10. The van der Waals surface area contributed by atoms with Crippen molar-refractivity contribution in [1.29, 1.82) is 0 Å². The largest absolute Gasteiger partial charge is 0.481 e. The molecule has 0 saturated carbocycles. The zero-order valence-electron chi connectivity index (χ0n) is 20.6. The maximum Gasteiger partial charge on any atom is 0.387 e. The Kier molecular flexibility index (Phi) is 10.9. The molecule has 190 valence electrons. The van der Waals surface area contributed by atoms with Gasteiger partial charge in [-0.25, -0.2) is 4.98 Å². The number of aromatic nitrogens is 1. The highest BCUT2D eigenvalue weighted by Crippen LogP contribution is 2.37. The summed E-state index contributed by atoms with van der Waals surface area (Å²) in [7, 11) is 1.52. The van der Waals surface area contributed by atoms with E-state index in [1.165, 1.54) is 30.9 Å². The van der Waals surface area contributed by atoms with E-state index in [9.17, 15) is 18.7 Å². The Morgan fingerprint density at radius 3 is 2.62 bits per heavy atom. The number of thiazole rings is 1. The van der Waals surface area contributed by atoms with E-state index in [1.807, 2.05) is 6.92 Å². The van der Waals surface area contributed by atoms with E-state index < -0.39 is 18.0 Å². The highest BCUT2D eigenvalue weighted by atomic mass is 32.1. The Morgan fingerprint density at radius 1 is 1.35 bits per heavy atom. The van der Waals surface area contributed by atoms with Gasteiger partial charge in [-0.15, -0.1) is 11.3 Å². The molecule has 2 heterocycles. The topological polar surface area (TPSA) is 71.9 Å². The Labute approximate surface area is 204 Å². The van der Waals surface area contributed by atoms with Gasteiger partial charge in [-0.1, -0.05) is 46.2 Å². The summed E-state index contributed by atoms with van der Waals surface area (Å²) in [5.74, 6) is 0.330. The second-order valence-electron chi connectivity index (χ2n) is 9.31. The number of carboxylic acids is 1. The smallest absolute Gasteiger partial charge is 0.387 e. The van der Waals surface area contributed by atoms with Crippen LogP contribution in [0.3, 0.4) is 0 Å². The quantitative estimate of drug-likeness (QED) is 0.456. The average molecular weight is 499 g/mol. The van der Waals surface area contributed by atoms with Gasteiger partial charge in [-0.2, -0.15) is 8.78 Å². The third-order valence-corrected chi connectivity index (χ3v) is 6.81. The highest BCUT2D eigenvalue weighted by molar-refractivity contribution is 7.15. The molecule has 1 aliphatic rings. The molecular formula is C25H36F2N2O4S. The van der Waals surface area contributed by atoms with E-state index in [1.54, 1.807) is 24.4 Å². The Bertz CT molecular complexity index is 909. The van der Waals surface area contributed by atoms with E-state index >= 15 is 0 Å². The number of rotatable bonds is 9. The van der Waals surface area contributed by atoms with Gasteiger partial charge < -0.3 is 14.6 Å². The van der Waals surface area contributed by atoms with E-state index in [-0.39, 0.29) is 18.3 Å². The molecular weight excluding hydrogens is 462 g/mol. The molecule has 1 saturated heterocycles. The number of alkyl halides is 2. The van der Waals surface area contributed by atoms with Gasteiger partial charge >= 0.3 is 12.6 Å². The molecule has 1 aromatic carbocycles. The fourth-order valence-corrected chi connectivity index (χ4v) is 5.00. The van der Waals surface area contributed by atoms with Crippen LogP contribution in [0.2, 0.25) is 0 Å². The zero-order valence-corrected chi connectivity index (χ0v) is 21.4. The van der Waals surface area contributed by atoms with Crippen molar-refractivity contribution in [2.75, 3.05) is 26.8 Å². The minimum atomic E-state index is -2.91. The van der Waals surface area contributed by atoms with Crippen LogP contribution in [0.25, 0.3) is 10.6 Å². The minimum absolute atomic E-state index is 0.0833. The lowest BCUT2D eigenvalue weighted by Gasteiger charge is -2.42. The molecule has 0 amide bonds. The van der Waals surface area contributed by atoms with Crippen molar-refractivity contribution in [3.8, 4) is 16.3 Å². The first kappa shape index (κ1) is 28.1. The van der Waals surface area contributed by atoms with Crippen LogP contribution in [0.4, 0.5) is 8.78 Å². The monoisotopic (exact) mass is 498 g/mol. The number of carboxylic acid groups (broad SMARTS) is 1. The molecule has 1 fully saturated rings. The SMILES string of the molecule is CCC(C)C.COC[C@@]1(C(=O)O)CC(C)CN(Cc2cnc(-c3ccccc3OC(F)F)s2)C1. The minimum Gasteiger partial charge on any atom is -0.481 e. The first-order chi connectivity index (χ1) is 16.1. The third-order valence-electron chi connectivity index (χ3n) is 5.79. The fraction of sp³-hybridized carbons (Fsp3) is 0.600. The average Bonchev–Trinajstić information content (AvgIpc) is 3.22. The lowest BCUT2D eigenvalue weighted by Crippen LogP contribution is -2.52. The molecule has 1 unspecified atom stereocenters. The summed E-state index contributed by atoms with van der Waals surface area (Å²) in [4.78, 5) is 19.3. The molecule has 1 aromatic heterocycles. The standard InChI is InChI=1S/C20H24F2N2O4S.C5H12/c1-13-7-20(12-27-2,18(25)26)11-24(9-13)10-14-8-23-17(29-14)15-5-3-4-6-16(15)28-19(21)22;1-4-5(2)3/h3-6,8,13,19H,7,9-12H2,1-2H3,(H,25,26);5H,4H2,1-3H3/t13?,20-;/m1./s1. The van der Waals surface area contributed by atoms with Crippen molar-refractivity contribution >= 4 is 17.3 Å². The van der Waals surface area contributed by atoms with Crippen molar-refractivity contribution in [3.05, 3.63) is 35.3 Å². The fourth-order valence-electron chi connectivity index (χ4n) is 4.02. The van der Waals surface area contributed by atoms with Crippen LogP contribution in [-0.2, 0) is 16.1 Å². The van der Waals surface area contributed by atoms with Crippen molar-refractivity contribution < 1.29 is 28.2 Å². The number of carbonyl (C=O) groups is 1. The molecule has 1 N–H and O–H groups in total. The van der Waals surface area contributed by atoms with Gasteiger partial charge in [-0.3, -0.25) is 9.69 Å². The van der Waals surface area contributed by atoms with Crippen molar-refractivity contribution in [2.45, 2.75) is 53.7 Å². The molecule has 1 aliphatic heterocycles. The highest BCUT2D eigenvalue weighted by Gasteiger charge is 2.45. The zero-order chi connectivity index (χ0) is 25.3. The number of hydrogen-bond acceptors (Lipinski definition) is 6. The van der Waals surface area contributed by atoms with E-state index in [0.717, 1.165) is 17.3 Å². The summed E-state index contributed by atoms with van der Waals surface area (Å²) < 4.78 is 35.1. The van der Waals surface area contributed by atoms with E-state index in [0.29, 0.717) is 30.1 Å². The second kappa shape index (κ2) is 13.1. The number of likely N-dealkylation sites (tertiary alicyclic amines) is 1. The Morgan fingerprint density at radius 2 is 2.03 bits per heavy atom. The van der Waals surface area contributed by atoms with Gasteiger partial charge in [0, 0.05) is 37.8 Å². The number of methoxy groups -OCH3 is 1. The second-order valence-corrected chi connectivity index (χ2v) is 10.4. The predicted molar refractivity (Wildman–Crippen MR) is 130 cm³/mol. The van der Waals surface area contributed by atoms with Crippen molar-refractivity contribution in [2.24, 2.45) is 17.3 Å².